The second kappa shape index (κ2) is 6.38. The number of hydrogen-bond donors (Lipinski definition) is 2. The highest BCUT2D eigenvalue weighted by molar-refractivity contribution is 5.96. The SMILES string of the molecule is CCc1noc(C)c1C(=O)N[C@@H]1CC[C@@H](N2CCCC2)[C@@H]1O. The molecule has 1 aromatic heterocycles. The molecule has 1 saturated heterocycles. The molecule has 1 aliphatic heterocycles. The molecule has 0 aromatic carbocycles. The molecule has 1 aromatic rings. The van der Waals surface area contributed by atoms with E-state index in [4.69, 9.17) is 4.52 Å². The predicted molar refractivity (Wildman–Crippen MR) is 81.7 cm³/mol. The maximum atomic E-state index is 12.5. The maximum Gasteiger partial charge on any atom is 0.257 e. The summed E-state index contributed by atoms with van der Waals surface area (Å²) in [6, 6.07) is -0.000812. The van der Waals surface area contributed by atoms with Crippen molar-refractivity contribution >= 4 is 5.91 Å². The van der Waals surface area contributed by atoms with Crippen molar-refractivity contribution in [3.8, 4) is 0 Å². The molecule has 2 heterocycles. The molecule has 2 aliphatic rings. The minimum Gasteiger partial charge on any atom is -0.389 e. The van der Waals surface area contributed by atoms with Gasteiger partial charge in [-0.05, 0) is 52.1 Å². The molecule has 2 N–H and O–H groups in total. The molecule has 1 amide bonds. The Morgan fingerprint density at radius 2 is 2.14 bits per heavy atom. The van der Waals surface area contributed by atoms with E-state index in [0.717, 1.165) is 25.9 Å². The summed E-state index contributed by atoms with van der Waals surface area (Å²) >= 11 is 0. The van der Waals surface area contributed by atoms with E-state index in [1.165, 1.54) is 12.8 Å². The van der Waals surface area contributed by atoms with Gasteiger partial charge in [-0.3, -0.25) is 9.69 Å². The number of rotatable bonds is 4. The lowest BCUT2D eigenvalue weighted by atomic mass is 10.1. The first-order chi connectivity index (χ1) is 10.6. The van der Waals surface area contributed by atoms with Gasteiger partial charge in [-0.1, -0.05) is 12.1 Å². The Morgan fingerprint density at radius 3 is 2.82 bits per heavy atom. The van der Waals surface area contributed by atoms with Crippen LogP contribution < -0.4 is 5.32 Å². The van der Waals surface area contributed by atoms with Crippen LogP contribution in [0.4, 0.5) is 0 Å². The van der Waals surface area contributed by atoms with Gasteiger partial charge in [-0.2, -0.15) is 0 Å². The van der Waals surface area contributed by atoms with Crippen molar-refractivity contribution in [1.82, 2.24) is 15.4 Å². The van der Waals surface area contributed by atoms with Gasteiger partial charge in [0, 0.05) is 6.04 Å². The molecule has 1 saturated carbocycles. The molecule has 0 bridgehead atoms. The van der Waals surface area contributed by atoms with Crippen molar-refractivity contribution < 1.29 is 14.4 Å². The Morgan fingerprint density at radius 1 is 1.41 bits per heavy atom. The van der Waals surface area contributed by atoms with Crippen LogP contribution in [0.5, 0.6) is 0 Å². The third-order valence-corrected chi connectivity index (χ3v) is 5.00. The summed E-state index contributed by atoms with van der Waals surface area (Å²) in [5.74, 6) is 0.361. The molecule has 0 unspecified atom stereocenters. The van der Waals surface area contributed by atoms with Crippen molar-refractivity contribution in [2.45, 2.75) is 64.1 Å². The largest absolute Gasteiger partial charge is 0.389 e. The van der Waals surface area contributed by atoms with E-state index in [-0.39, 0.29) is 18.0 Å². The Labute approximate surface area is 130 Å². The lowest BCUT2D eigenvalue weighted by Crippen LogP contribution is -2.47. The summed E-state index contributed by atoms with van der Waals surface area (Å²) in [5.41, 5.74) is 1.21. The van der Waals surface area contributed by atoms with Gasteiger partial charge < -0.3 is 14.9 Å². The summed E-state index contributed by atoms with van der Waals surface area (Å²) in [4.78, 5) is 14.9. The van der Waals surface area contributed by atoms with Crippen LogP contribution in [0.3, 0.4) is 0 Å². The van der Waals surface area contributed by atoms with Gasteiger partial charge in [0.25, 0.3) is 5.91 Å². The standard InChI is InChI=1S/C16H25N3O3/c1-3-11-14(10(2)22-18-11)16(21)17-12-6-7-13(15(12)20)19-8-4-5-9-19/h12-13,15,20H,3-9H2,1-2H3,(H,17,21)/t12-,13-,15-/m1/s1. The Balaban J connectivity index is 1.66. The highest BCUT2D eigenvalue weighted by Crippen LogP contribution is 2.28. The normalized spacial score (nSPS) is 29.1. The average molecular weight is 307 g/mol. The first kappa shape index (κ1) is 15.5. The number of carbonyl (C=O) groups excluding carboxylic acids is 1. The van der Waals surface area contributed by atoms with Gasteiger partial charge in [-0.25, -0.2) is 0 Å². The van der Waals surface area contributed by atoms with Crippen molar-refractivity contribution in [3.05, 3.63) is 17.0 Å². The van der Waals surface area contributed by atoms with Gasteiger partial charge in [0.1, 0.15) is 11.3 Å². The molecule has 6 heteroatoms. The summed E-state index contributed by atoms with van der Waals surface area (Å²) in [6.45, 7) is 5.82. The molecule has 2 fully saturated rings. The highest BCUT2D eigenvalue weighted by atomic mass is 16.5. The molecule has 22 heavy (non-hydrogen) atoms. The van der Waals surface area contributed by atoms with Crippen LogP contribution in [0.1, 0.15) is 54.4 Å². The molecule has 0 spiro atoms. The average Bonchev–Trinajstić information content (AvgIpc) is 3.20. The number of hydrogen-bond acceptors (Lipinski definition) is 5. The van der Waals surface area contributed by atoms with Crippen LogP contribution in [0.2, 0.25) is 0 Å². The third-order valence-electron chi connectivity index (χ3n) is 5.00. The lowest BCUT2D eigenvalue weighted by molar-refractivity contribution is 0.0618. The predicted octanol–water partition coefficient (Wildman–Crippen LogP) is 1.26. The van der Waals surface area contributed by atoms with Crippen molar-refractivity contribution in [2.24, 2.45) is 0 Å². The van der Waals surface area contributed by atoms with E-state index in [1.807, 2.05) is 6.92 Å². The molecule has 6 nitrogen and oxygen atoms in total. The van der Waals surface area contributed by atoms with Gasteiger partial charge in [0.2, 0.25) is 0 Å². The van der Waals surface area contributed by atoms with Gasteiger partial charge in [0.15, 0.2) is 0 Å². The fourth-order valence-electron chi connectivity index (χ4n) is 3.78. The summed E-state index contributed by atoms with van der Waals surface area (Å²) in [7, 11) is 0. The fourth-order valence-corrected chi connectivity index (χ4v) is 3.78. The number of aromatic nitrogens is 1. The molecular formula is C16H25N3O3. The van der Waals surface area contributed by atoms with Gasteiger partial charge in [-0.15, -0.1) is 0 Å². The topological polar surface area (TPSA) is 78.6 Å². The Bertz CT molecular complexity index is 537. The van der Waals surface area contributed by atoms with Gasteiger partial charge >= 0.3 is 0 Å². The van der Waals surface area contributed by atoms with Crippen LogP contribution >= 0.6 is 0 Å². The number of nitrogens with zero attached hydrogens (tertiary/aromatic N) is 2. The fraction of sp³-hybridized carbons (Fsp3) is 0.750. The highest BCUT2D eigenvalue weighted by Gasteiger charge is 2.40. The number of likely N-dealkylation sites (tertiary alicyclic amines) is 1. The number of nitrogens with one attached hydrogen (secondary N) is 1. The van der Waals surface area contributed by atoms with Crippen LogP contribution in [0.15, 0.2) is 4.52 Å². The lowest BCUT2D eigenvalue weighted by Gasteiger charge is -2.28. The molecule has 3 atom stereocenters. The second-order valence-corrected chi connectivity index (χ2v) is 6.37. The number of aliphatic hydroxyl groups is 1. The smallest absolute Gasteiger partial charge is 0.257 e. The van der Waals surface area contributed by atoms with Crippen molar-refractivity contribution in [3.63, 3.8) is 0 Å². The second-order valence-electron chi connectivity index (χ2n) is 6.37. The van der Waals surface area contributed by atoms with E-state index in [0.29, 0.717) is 23.4 Å². The zero-order valence-electron chi connectivity index (χ0n) is 13.3. The van der Waals surface area contributed by atoms with Gasteiger partial charge in [0.05, 0.1) is 17.8 Å². The molecule has 0 radical (unpaired) electrons. The van der Waals surface area contributed by atoms with E-state index in [9.17, 15) is 9.90 Å². The zero-order chi connectivity index (χ0) is 15.7. The van der Waals surface area contributed by atoms with E-state index >= 15 is 0 Å². The summed E-state index contributed by atoms with van der Waals surface area (Å²) < 4.78 is 5.12. The minimum atomic E-state index is -0.493. The Hall–Kier alpha value is -1.40. The van der Waals surface area contributed by atoms with Crippen molar-refractivity contribution in [2.75, 3.05) is 13.1 Å². The molecule has 1 aliphatic carbocycles. The monoisotopic (exact) mass is 307 g/mol. The quantitative estimate of drug-likeness (QED) is 0.875. The van der Waals surface area contributed by atoms with Crippen LogP contribution in [-0.2, 0) is 6.42 Å². The summed E-state index contributed by atoms with van der Waals surface area (Å²) in [5, 5.41) is 17.5. The number of carbonyl (C=O) groups is 1. The zero-order valence-corrected chi connectivity index (χ0v) is 13.3. The van der Waals surface area contributed by atoms with E-state index in [2.05, 4.69) is 15.4 Å². The van der Waals surface area contributed by atoms with E-state index < -0.39 is 6.10 Å². The molecule has 3 rings (SSSR count). The molecule has 122 valence electrons. The number of amides is 1. The number of aryl methyl sites for hydroxylation is 2. The Kier molecular flexibility index (Phi) is 4.49. The maximum absolute atomic E-state index is 12.5. The first-order valence-corrected chi connectivity index (χ1v) is 8.30. The minimum absolute atomic E-state index is 0.179. The van der Waals surface area contributed by atoms with Crippen LogP contribution in [0, 0.1) is 6.92 Å². The van der Waals surface area contributed by atoms with Crippen LogP contribution in [0.25, 0.3) is 0 Å². The van der Waals surface area contributed by atoms with Crippen molar-refractivity contribution in [1.29, 1.82) is 0 Å². The third kappa shape index (κ3) is 2.77. The molecular weight excluding hydrogens is 282 g/mol. The summed E-state index contributed by atoms with van der Waals surface area (Å²) in [6.07, 6.45) is 4.34. The van der Waals surface area contributed by atoms with Crippen LogP contribution in [-0.4, -0.2) is 52.3 Å². The van der Waals surface area contributed by atoms with E-state index in [1.54, 1.807) is 6.92 Å². The number of aliphatic hydroxyl groups excluding tert-OH is 1. The first-order valence-electron chi connectivity index (χ1n) is 8.30.